The molecule has 0 aromatic heterocycles. The molecule has 0 saturated carbocycles. The van der Waals surface area contributed by atoms with Gasteiger partial charge in [-0.05, 0) is 74.7 Å². The van der Waals surface area contributed by atoms with E-state index in [1.807, 2.05) is 44.2 Å². The summed E-state index contributed by atoms with van der Waals surface area (Å²) in [6, 6.07) is 18.7. The lowest BCUT2D eigenvalue weighted by molar-refractivity contribution is -0.131. The van der Waals surface area contributed by atoms with Crippen molar-refractivity contribution in [2.24, 2.45) is 11.0 Å². The Labute approximate surface area is 229 Å². The van der Waals surface area contributed by atoms with E-state index in [4.69, 9.17) is 14.2 Å². The molecule has 3 aromatic carbocycles. The predicted molar refractivity (Wildman–Crippen MR) is 154 cm³/mol. The zero-order chi connectivity index (χ0) is 28.2. The second-order valence-corrected chi connectivity index (χ2v) is 8.88. The van der Waals surface area contributed by atoms with Crippen LogP contribution < -0.4 is 25.0 Å². The summed E-state index contributed by atoms with van der Waals surface area (Å²) < 4.78 is 17.2. The number of carbonyl (C=O) groups excluding carboxylic acids is 2. The fourth-order valence-electron chi connectivity index (χ4n) is 3.64. The van der Waals surface area contributed by atoms with E-state index in [2.05, 4.69) is 22.4 Å². The van der Waals surface area contributed by atoms with Gasteiger partial charge in [-0.2, -0.15) is 5.10 Å². The molecule has 39 heavy (non-hydrogen) atoms. The summed E-state index contributed by atoms with van der Waals surface area (Å²) in [4.78, 5) is 25.0. The molecule has 0 heterocycles. The number of carbonyl (C=O) groups is 2. The van der Waals surface area contributed by atoms with Crippen LogP contribution in [0.5, 0.6) is 17.2 Å². The lowest BCUT2D eigenvalue weighted by Gasteiger charge is -2.17. The van der Waals surface area contributed by atoms with Gasteiger partial charge in [-0.15, -0.1) is 6.58 Å². The standard InChI is InChI=1S/C31H35N3O5/c1-6-8-25-17-24(18-28(38-7-2)29(25)39-20-23-11-9-21(3)10-12-23)19-32-34-31(36)22(4)30(35)33-26-13-15-27(37-5)16-14-26/h6,9-19,22H,1,7-8,20H2,2-5H3,(H,33,35)(H,34,36). The number of ether oxygens (including phenoxy) is 3. The number of methoxy groups -OCH3 is 1. The van der Waals surface area contributed by atoms with Crippen molar-refractivity contribution in [3.05, 3.63) is 95.6 Å². The minimum absolute atomic E-state index is 0.393. The maximum atomic E-state index is 12.5. The number of hydrazone groups is 1. The number of benzene rings is 3. The van der Waals surface area contributed by atoms with Crippen molar-refractivity contribution in [3.63, 3.8) is 0 Å². The third-order valence-corrected chi connectivity index (χ3v) is 5.85. The first-order valence-corrected chi connectivity index (χ1v) is 12.7. The van der Waals surface area contributed by atoms with Crippen LogP contribution in [0, 0.1) is 12.8 Å². The number of nitrogens with one attached hydrogen (secondary N) is 2. The van der Waals surface area contributed by atoms with Gasteiger partial charge >= 0.3 is 0 Å². The van der Waals surface area contributed by atoms with Crippen molar-refractivity contribution in [3.8, 4) is 17.2 Å². The summed E-state index contributed by atoms with van der Waals surface area (Å²) >= 11 is 0. The number of aryl methyl sites for hydroxylation is 1. The van der Waals surface area contributed by atoms with Crippen molar-refractivity contribution < 1.29 is 23.8 Å². The number of amides is 2. The summed E-state index contributed by atoms with van der Waals surface area (Å²) in [5.41, 5.74) is 6.82. The third kappa shape index (κ3) is 8.46. The Balaban J connectivity index is 1.68. The summed E-state index contributed by atoms with van der Waals surface area (Å²) in [6.45, 7) is 10.2. The van der Waals surface area contributed by atoms with Gasteiger partial charge in [-0.1, -0.05) is 35.9 Å². The molecule has 3 rings (SSSR count). The van der Waals surface area contributed by atoms with E-state index in [0.29, 0.717) is 48.1 Å². The molecule has 1 atom stereocenters. The number of hydrogen-bond donors (Lipinski definition) is 2. The smallest absolute Gasteiger partial charge is 0.252 e. The first kappa shape index (κ1) is 29.0. The average Bonchev–Trinajstić information content (AvgIpc) is 2.93. The fourth-order valence-corrected chi connectivity index (χ4v) is 3.64. The van der Waals surface area contributed by atoms with Gasteiger partial charge in [0.05, 0.1) is 19.9 Å². The number of allylic oxidation sites excluding steroid dienone is 1. The number of anilines is 1. The molecule has 0 spiro atoms. The largest absolute Gasteiger partial charge is 0.497 e. The number of rotatable bonds is 13. The lowest BCUT2D eigenvalue weighted by Crippen LogP contribution is -2.34. The molecule has 2 N–H and O–H groups in total. The number of hydrogen-bond acceptors (Lipinski definition) is 6. The monoisotopic (exact) mass is 529 g/mol. The molecule has 0 bridgehead atoms. The third-order valence-electron chi connectivity index (χ3n) is 5.85. The Morgan fingerprint density at radius 1 is 1.03 bits per heavy atom. The molecule has 3 aromatic rings. The van der Waals surface area contributed by atoms with Crippen LogP contribution in [0.15, 0.2) is 78.4 Å². The topological polar surface area (TPSA) is 98.3 Å². The van der Waals surface area contributed by atoms with Gasteiger partial charge in [-0.3, -0.25) is 9.59 Å². The highest BCUT2D eigenvalue weighted by Crippen LogP contribution is 2.34. The molecule has 0 saturated heterocycles. The SMILES string of the molecule is C=CCc1cc(C=NNC(=O)C(C)C(=O)Nc2ccc(OC)cc2)cc(OCC)c1OCc1ccc(C)cc1. The Morgan fingerprint density at radius 2 is 1.74 bits per heavy atom. The van der Waals surface area contributed by atoms with E-state index in [9.17, 15) is 9.59 Å². The molecule has 0 aliphatic heterocycles. The lowest BCUT2D eigenvalue weighted by atomic mass is 10.1. The Kier molecular flexibility index (Phi) is 10.7. The highest BCUT2D eigenvalue weighted by atomic mass is 16.5. The molecule has 1 unspecified atom stereocenters. The van der Waals surface area contributed by atoms with E-state index in [0.717, 1.165) is 11.1 Å². The molecule has 0 aliphatic rings. The summed E-state index contributed by atoms with van der Waals surface area (Å²) in [5, 5.41) is 6.78. The van der Waals surface area contributed by atoms with Crippen molar-refractivity contribution >= 4 is 23.7 Å². The van der Waals surface area contributed by atoms with E-state index in [1.165, 1.54) is 18.7 Å². The zero-order valence-electron chi connectivity index (χ0n) is 22.8. The summed E-state index contributed by atoms with van der Waals surface area (Å²) in [7, 11) is 1.56. The Bertz CT molecular complexity index is 1300. The molecule has 0 radical (unpaired) electrons. The van der Waals surface area contributed by atoms with Crippen LogP contribution in [0.2, 0.25) is 0 Å². The van der Waals surface area contributed by atoms with Crippen molar-refractivity contribution in [2.45, 2.75) is 33.8 Å². The molecular formula is C31H35N3O5. The van der Waals surface area contributed by atoms with E-state index in [1.54, 1.807) is 43.5 Å². The van der Waals surface area contributed by atoms with Gasteiger partial charge in [0.1, 0.15) is 18.3 Å². The van der Waals surface area contributed by atoms with E-state index in [-0.39, 0.29) is 0 Å². The van der Waals surface area contributed by atoms with Crippen LogP contribution in [0.25, 0.3) is 0 Å². The Hall–Kier alpha value is -4.59. The highest BCUT2D eigenvalue weighted by molar-refractivity contribution is 6.06. The minimum Gasteiger partial charge on any atom is -0.497 e. The van der Waals surface area contributed by atoms with E-state index >= 15 is 0 Å². The van der Waals surface area contributed by atoms with Crippen LogP contribution in [-0.4, -0.2) is 31.7 Å². The molecular weight excluding hydrogens is 494 g/mol. The maximum Gasteiger partial charge on any atom is 0.252 e. The van der Waals surface area contributed by atoms with E-state index < -0.39 is 17.7 Å². The molecule has 0 fully saturated rings. The quantitative estimate of drug-likeness (QED) is 0.133. The predicted octanol–water partition coefficient (Wildman–Crippen LogP) is 5.43. The number of nitrogens with zero attached hydrogens (tertiary/aromatic N) is 1. The fraction of sp³-hybridized carbons (Fsp3) is 0.258. The highest BCUT2D eigenvalue weighted by Gasteiger charge is 2.21. The molecule has 8 heteroatoms. The first-order chi connectivity index (χ1) is 18.8. The van der Waals surface area contributed by atoms with Crippen molar-refractivity contribution in [1.82, 2.24) is 5.43 Å². The van der Waals surface area contributed by atoms with Crippen LogP contribution in [0.3, 0.4) is 0 Å². The minimum atomic E-state index is -0.961. The van der Waals surface area contributed by atoms with Gasteiger partial charge < -0.3 is 19.5 Å². The second kappa shape index (κ2) is 14.4. The normalized spacial score (nSPS) is 11.5. The van der Waals surface area contributed by atoms with Gasteiger partial charge in [0, 0.05) is 11.3 Å². The van der Waals surface area contributed by atoms with Gasteiger partial charge in [-0.25, -0.2) is 5.43 Å². The zero-order valence-corrected chi connectivity index (χ0v) is 22.8. The molecule has 2 amide bonds. The van der Waals surface area contributed by atoms with Gasteiger partial charge in [0.15, 0.2) is 11.5 Å². The van der Waals surface area contributed by atoms with Crippen LogP contribution >= 0.6 is 0 Å². The maximum absolute atomic E-state index is 12.5. The van der Waals surface area contributed by atoms with Crippen LogP contribution in [-0.2, 0) is 22.6 Å². The summed E-state index contributed by atoms with van der Waals surface area (Å²) in [5.74, 6) is -0.0623. The second-order valence-electron chi connectivity index (χ2n) is 8.88. The van der Waals surface area contributed by atoms with Gasteiger partial charge in [0.25, 0.3) is 5.91 Å². The molecule has 8 nitrogen and oxygen atoms in total. The van der Waals surface area contributed by atoms with Crippen molar-refractivity contribution in [1.29, 1.82) is 0 Å². The summed E-state index contributed by atoms with van der Waals surface area (Å²) in [6.07, 6.45) is 3.85. The van der Waals surface area contributed by atoms with Crippen LogP contribution in [0.1, 0.15) is 36.1 Å². The van der Waals surface area contributed by atoms with Gasteiger partial charge in [0.2, 0.25) is 5.91 Å². The van der Waals surface area contributed by atoms with Crippen molar-refractivity contribution in [2.75, 3.05) is 19.0 Å². The Morgan fingerprint density at radius 3 is 2.38 bits per heavy atom. The average molecular weight is 530 g/mol. The molecule has 204 valence electrons. The first-order valence-electron chi connectivity index (χ1n) is 12.7. The molecule has 0 aliphatic carbocycles. The van der Waals surface area contributed by atoms with Crippen LogP contribution in [0.4, 0.5) is 5.69 Å².